The van der Waals surface area contributed by atoms with Gasteiger partial charge in [-0.05, 0) is 12.8 Å². The zero-order valence-corrected chi connectivity index (χ0v) is 8.24. The summed E-state index contributed by atoms with van der Waals surface area (Å²) in [4.78, 5) is 0. The highest BCUT2D eigenvalue weighted by molar-refractivity contribution is 6.17. The maximum Gasteiger partial charge on any atom is 0.0663 e. The van der Waals surface area contributed by atoms with Crippen molar-refractivity contribution in [3.63, 3.8) is 0 Å². The lowest BCUT2D eigenvalue weighted by Crippen LogP contribution is -2.45. The number of rotatable bonds is 7. The minimum atomic E-state index is -1.20. The topological polar surface area (TPSA) is 80.9 Å². The van der Waals surface area contributed by atoms with Gasteiger partial charge in [0.05, 0.1) is 31.3 Å². The Morgan fingerprint density at radius 2 is 1.54 bits per heavy atom. The zero-order chi connectivity index (χ0) is 10.3. The van der Waals surface area contributed by atoms with Crippen LogP contribution in [0.5, 0.6) is 0 Å². The van der Waals surface area contributed by atoms with Gasteiger partial charge >= 0.3 is 0 Å². The molecule has 0 radical (unpaired) electrons. The van der Waals surface area contributed by atoms with Crippen LogP contribution in [0.15, 0.2) is 0 Å². The fourth-order valence-electron chi connectivity index (χ4n) is 1.04. The van der Waals surface area contributed by atoms with E-state index in [1.54, 1.807) is 0 Å². The lowest BCUT2D eigenvalue weighted by Gasteiger charge is -2.32. The Labute approximate surface area is 82.8 Å². The average Bonchev–Trinajstić information content (AvgIpc) is 2.18. The monoisotopic (exact) mass is 212 g/mol. The van der Waals surface area contributed by atoms with Crippen LogP contribution in [-0.2, 0) is 0 Å². The van der Waals surface area contributed by atoms with Crippen LogP contribution in [-0.4, -0.2) is 52.2 Å². The second-order valence-corrected chi connectivity index (χ2v) is 3.56. The van der Waals surface area contributed by atoms with Gasteiger partial charge in [0.25, 0.3) is 0 Å². The molecule has 13 heavy (non-hydrogen) atoms. The minimum absolute atomic E-state index is 0.366. The Bertz CT molecular complexity index is 119. The van der Waals surface area contributed by atoms with Crippen molar-refractivity contribution in [3.05, 3.63) is 0 Å². The van der Waals surface area contributed by atoms with Gasteiger partial charge in [0.2, 0.25) is 0 Å². The molecule has 0 aliphatic rings. The van der Waals surface area contributed by atoms with Crippen LogP contribution in [0.1, 0.15) is 12.8 Å². The normalized spacial score (nSPS) is 14.5. The molecule has 0 amide bonds. The Balaban J connectivity index is 4.17. The van der Waals surface area contributed by atoms with Crippen molar-refractivity contribution in [2.45, 2.75) is 18.9 Å². The van der Waals surface area contributed by atoms with Crippen LogP contribution < -0.4 is 0 Å². The van der Waals surface area contributed by atoms with E-state index >= 15 is 0 Å². The van der Waals surface area contributed by atoms with Crippen molar-refractivity contribution in [2.75, 3.05) is 25.7 Å². The Hall–Kier alpha value is 0.130. The lowest BCUT2D eigenvalue weighted by atomic mass is 9.82. The first-order valence-electron chi connectivity index (χ1n) is 4.23. The molecule has 0 aliphatic heterocycles. The molecule has 0 spiro atoms. The minimum Gasteiger partial charge on any atom is -0.396 e. The molecule has 0 aromatic heterocycles. The third-order valence-corrected chi connectivity index (χ3v) is 2.53. The van der Waals surface area contributed by atoms with Crippen LogP contribution in [0.4, 0.5) is 0 Å². The SMILES string of the molecule is OCC(CO)(CO)C(O)CCCCl. The molecule has 80 valence electrons. The molecular weight excluding hydrogens is 196 g/mol. The van der Waals surface area contributed by atoms with E-state index < -0.39 is 31.3 Å². The quantitative estimate of drug-likeness (QED) is 0.422. The fraction of sp³-hybridized carbons (Fsp3) is 1.00. The molecule has 0 saturated carbocycles. The van der Waals surface area contributed by atoms with Gasteiger partial charge in [-0.2, -0.15) is 0 Å². The number of halogens is 1. The van der Waals surface area contributed by atoms with Gasteiger partial charge in [-0.3, -0.25) is 0 Å². The largest absolute Gasteiger partial charge is 0.396 e. The van der Waals surface area contributed by atoms with Crippen molar-refractivity contribution < 1.29 is 20.4 Å². The van der Waals surface area contributed by atoms with Crippen LogP contribution in [0, 0.1) is 5.41 Å². The summed E-state index contributed by atoms with van der Waals surface area (Å²) >= 11 is 5.43. The van der Waals surface area contributed by atoms with Gasteiger partial charge in [0, 0.05) is 5.88 Å². The van der Waals surface area contributed by atoms with Crippen molar-refractivity contribution in [1.82, 2.24) is 0 Å². The molecule has 4 N–H and O–H groups in total. The average molecular weight is 213 g/mol. The first-order valence-corrected chi connectivity index (χ1v) is 4.77. The van der Waals surface area contributed by atoms with Gasteiger partial charge in [-0.15, -0.1) is 11.6 Å². The third kappa shape index (κ3) is 3.40. The summed E-state index contributed by atoms with van der Waals surface area (Å²) in [6.45, 7) is -1.32. The van der Waals surface area contributed by atoms with Crippen molar-refractivity contribution in [3.8, 4) is 0 Å². The van der Waals surface area contributed by atoms with Crippen LogP contribution in [0.3, 0.4) is 0 Å². The first-order chi connectivity index (χ1) is 6.16. The predicted octanol–water partition coefficient (Wildman–Crippen LogP) is -0.670. The van der Waals surface area contributed by atoms with E-state index in [2.05, 4.69) is 0 Å². The molecule has 5 heteroatoms. The second kappa shape index (κ2) is 6.56. The first kappa shape index (κ1) is 13.1. The molecule has 0 heterocycles. The summed E-state index contributed by atoms with van der Waals surface area (Å²) in [5, 5.41) is 36.4. The molecule has 4 nitrogen and oxygen atoms in total. The summed E-state index contributed by atoms with van der Waals surface area (Å²) in [6, 6.07) is 0. The Kier molecular flexibility index (Phi) is 6.63. The van der Waals surface area contributed by atoms with Crippen LogP contribution in [0.2, 0.25) is 0 Å². The summed E-state index contributed by atoms with van der Waals surface area (Å²) < 4.78 is 0. The summed E-state index contributed by atoms with van der Waals surface area (Å²) in [7, 11) is 0. The highest BCUT2D eigenvalue weighted by atomic mass is 35.5. The highest BCUT2D eigenvalue weighted by Crippen LogP contribution is 2.23. The Morgan fingerprint density at radius 1 is 1.08 bits per heavy atom. The van der Waals surface area contributed by atoms with Crippen molar-refractivity contribution >= 4 is 11.6 Å². The Morgan fingerprint density at radius 3 is 1.85 bits per heavy atom. The van der Waals surface area contributed by atoms with E-state index in [9.17, 15) is 5.11 Å². The van der Waals surface area contributed by atoms with Gasteiger partial charge in [0.1, 0.15) is 0 Å². The van der Waals surface area contributed by atoms with E-state index in [4.69, 9.17) is 26.9 Å². The standard InChI is InChI=1S/C8H17ClO4/c9-3-1-2-7(13)8(4-10,5-11)6-12/h7,10-13H,1-6H2. The summed E-state index contributed by atoms with van der Waals surface area (Å²) in [6.07, 6.45) is 0.0293. The predicted molar refractivity (Wildman–Crippen MR) is 49.7 cm³/mol. The van der Waals surface area contributed by atoms with Gasteiger partial charge in [-0.25, -0.2) is 0 Å². The molecule has 1 atom stereocenters. The van der Waals surface area contributed by atoms with Crippen LogP contribution >= 0.6 is 11.6 Å². The lowest BCUT2D eigenvalue weighted by molar-refractivity contribution is -0.0857. The van der Waals surface area contributed by atoms with Crippen molar-refractivity contribution in [2.24, 2.45) is 5.41 Å². The van der Waals surface area contributed by atoms with E-state index in [0.717, 1.165) is 0 Å². The molecule has 0 fully saturated rings. The fourth-order valence-corrected chi connectivity index (χ4v) is 1.20. The number of alkyl halides is 1. The van der Waals surface area contributed by atoms with Crippen LogP contribution in [0.25, 0.3) is 0 Å². The van der Waals surface area contributed by atoms with E-state index in [-0.39, 0.29) is 0 Å². The molecule has 0 saturated heterocycles. The highest BCUT2D eigenvalue weighted by Gasteiger charge is 2.35. The van der Waals surface area contributed by atoms with Gasteiger partial charge < -0.3 is 20.4 Å². The molecule has 0 aromatic rings. The second-order valence-electron chi connectivity index (χ2n) is 3.18. The zero-order valence-electron chi connectivity index (χ0n) is 7.49. The summed E-state index contributed by atoms with van der Waals surface area (Å²) in [5.41, 5.74) is -1.20. The molecule has 0 aliphatic carbocycles. The molecular formula is C8H17ClO4. The molecule has 1 unspecified atom stereocenters. The van der Waals surface area contributed by atoms with E-state index in [1.165, 1.54) is 0 Å². The number of aliphatic hydroxyl groups excluding tert-OH is 4. The number of aliphatic hydroxyl groups is 4. The van der Waals surface area contributed by atoms with E-state index in [0.29, 0.717) is 18.7 Å². The van der Waals surface area contributed by atoms with Crippen molar-refractivity contribution in [1.29, 1.82) is 0 Å². The van der Waals surface area contributed by atoms with Gasteiger partial charge in [0.15, 0.2) is 0 Å². The number of hydrogen-bond donors (Lipinski definition) is 4. The third-order valence-electron chi connectivity index (χ3n) is 2.26. The number of hydrogen-bond acceptors (Lipinski definition) is 4. The maximum atomic E-state index is 9.55. The van der Waals surface area contributed by atoms with E-state index in [1.807, 2.05) is 0 Å². The maximum absolute atomic E-state index is 9.55. The smallest absolute Gasteiger partial charge is 0.0663 e. The molecule has 0 rings (SSSR count). The molecule has 0 aromatic carbocycles. The summed E-state index contributed by atoms with van der Waals surface area (Å²) in [5.74, 6) is 0.412. The van der Waals surface area contributed by atoms with Gasteiger partial charge in [-0.1, -0.05) is 0 Å². The molecule has 0 bridgehead atoms.